The number of rotatable bonds is 0. The Morgan fingerprint density at radius 3 is 2.91 bits per heavy atom. The van der Waals surface area contributed by atoms with E-state index < -0.39 is 0 Å². The van der Waals surface area contributed by atoms with Crippen molar-refractivity contribution >= 4 is 6.21 Å². The fraction of sp³-hybridized carbons (Fsp3) is 0.375. The standard InChI is InChI=1S/C8H9N.2Y/c1-2-4-8-7(3-1)5-6-9-8;;/h1,4,6H,2-3,5H2;;/q-2;;. The van der Waals surface area contributed by atoms with Crippen molar-refractivity contribution in [3.63, 3.8) is 0 Å². The summed E-state index contributed by atoms with van der Waals surface area (Å²) in [6.45, 7) is 0. The smallest absolute Gasteiger partial charge is 0 e. The first-order valence-corrected chi connectivity index (χ1v) is 3.36. The summed E-state index contributed by atoms with van der Waals surface area (Å²) in [6, 6.07) is 0. The van der Waals surface area contributed by atoms with Gasteiger partial charge in [-0.2, -0.15) is 0 Å². The van der Waals surface area contributed by atoms with Gasteiger partial charge in [0.25, 0.3) is 0 Å². The van der Waals surface area contributed by atoms with Gasteiger partial charge >= 0.3 is 0 Å². The van der Waals surface area contributed by atoms with Gasteiger partial charge in [0.1, 0.15) is 0 Å². The Kier molecular flexibility index (Phi) is 6.83. The third-order valence-corrected chi connectivity index (χ3v) is 1.80. The van der Waals surface area contributed by atoms with Gasteiger partial charge in [0.05, 0.1) is 0 Å². The molecule has 0 aromatic carbocycles. The molecule has 3 heteroatoms. The fourth-order valence-electron chi connectivity index (χ4n) is 1.29. The summed E-state index contributed by atoms with van der Waals surface area (Å²) in [4.78, 5) is 4.24. The molecule has 54 valence electrons. The first-order chi connectivity index (χ1) is 4.47. The Morgan fingerprint density at radius 1 is 1.36 bits per heavy atom. The third kappa shape index (κ3) is 3.03. The predicted molar refractivity (Wildman–Crippen MR) is 38.0 cm³/mol. The van der Waals surface area contributed by atoms with E-state index in [4.69, 9.17) is 0 Å². The van der Waals surface area contributed by atoms with Gasteiger partial charge in [-0.3, -0.25) is 0 Å². The van der Waals surface area contributed by atoms with Crippen LogP contribution in [0, 0.1) is 12.8 Å². The molecule has 0 fully saturated rings. The van der Waals surface area contributed by atoms with Crippen molar-refractivity contribution in [2.45, 2.75) is 19.3 Å². The van der Waals surface area contributed by atoms with Crippen LogP contribution in [-0.4, -0.2) is 6.21 Å². The molecule has 1 aliphatic heterocycles. The van der Waals surface area contributed by atoms with Gasteiger partial charge in [-0.1, -0.05) is 6.42 Å². The molecule has 0 saturated carbocycles. The average molecular weight is 297 g/mol. The molecule has 0 atom stereocenters. The molecule has 2 rings (SSSR count). The van der Waals surface area contributed by atoms with Crippen molar-refractivity contribution in [1.29, 1.82) is 0 Å². The van der Waals surface area contributed by atoms with E-state index in [1.54, 1.807) is 0 Å². The molecule has 11 heavy (non-hydrogen) atoms. The van der Waals surface area contributed by atoms with Crippen LogP contribution in [0.25, 0.3) is 0 Å². The van der Waals surface area contributed by atoms with Crippen molar-refractivity contribution < 1.29 is 65.4 Å². The summed E-state index contributed by atoms with van der Waals surface area (Å²) in [7, 11) is 0. The van der Waals surface area contributed by atoms with Gasteiger partial charge in [0.15, 0.2) is 0 Å². The van der Waals surface area contributed by atoms with E-state index in [2.05, 4.69) is 17.8 Å². The van der Waals surface area contributed by atoms with Crippen molar-refractivity contribution in [2.75, 3.05) is 0 Å². The summed E-state index contributed by atoms with van der Waals surface area (Å²) in [5.41, 5.74) is 2.75. The maximum Gasteiger partial charge on any atom is 0 e. The van der Waals surface area contributed by atoms with Gasteiger partial charge in [0.2, 0.25) is 0 Å². The largest absolute Gasteiger partial charge is 0.353 e. The van der Waals surface area contributed by atoms with Gasteiger partial charge in [-0.15, -0.1) is 5.70 Å². The first kappa shape index (κ1) is 12.5. The van der Waals surface area contributed by atoms with Crippen LogP contribution in [0.15, 0.2) is 16.3 Å². The molecule has 1 nitrogen and oxygen atoms in total. The van der Waals surface area contributed by atoms with Crippen LogP contribution in [0.4, 0.5) is 0 Å². The van der Waals surface area contributed by atoms with Gasteiger partial charge in [-0.05, 0) is 6.21 Å². The van der Waals surface area contributed by atoms with Crippen LogP contribution in [0.5, 0.6) is 0 Å². The van der Waals surface area contributed by atoms with Crippen LogP contribution in [0.1, 0.15) is 19.3 Å². The number of nitrogens with zero attached hydrogens (tertiary/aromatic N) is 1. The zero-order valence-corrected chi connectivity index (χ0v) is 12.1. The molecule has 0 aromatic rings. The quantitative estimate of drug-likeness (QED) is 0.606. The van der Waals surface area contributed by atoms with Crippen LogP contribution >= 0.6 is 0 Å². The van der Waals surface area contributed by atoms with Crippen molar-refractivity contribution in [1.82, 2.24) is 0 Å². The maximum absolute atomic E-state index is 4.24. The van der Waals surface area contributed by atoms with Gasteiger partial charge in [-0.25, -0.2) is 24.8 Å². The van der Waals surface area contributed by atoms with E-state index in [0.29, 0.717) is 0 Å². The predicted octanol–water partition coefficient (Wildman–Crippen LogP) is 1.91. The van der Waals surface area contributed by atoms with Crippen LogP contribution < -0.4 is 0 Å². The zero-order chi connectivity index (χ0) is 6.10. The molecule has 0 amide bonds. The van der Waals surface area contributed by atoms with E-state index >= 15 is 0 Å². The van der Waals surface area contributed by atoms with E-state index in [-0.39, 0.29) is 65.4 Å². The van der Waals surface area contributed by atoms with E-state index in [0.717, 1.165) is 19.3 Å². The Labute approximate surface area is 118 Å². The van der Waals surface area contributed by atoms with Gasteiger partial charge < -0.3 is 11.4 Å². The summed E-state index contributed by atoms with van der Waals surface area (Å²) in [5.74, 6) is 0. The second-order valence-electron chi connectivity index (χ2n) is 2.44. The molecule has 2 aliphatic rings. The molecule has 0 spiro atoms. The SMILES string of the molecule is C1=NC2=C(C1)C[CH-]C[CH-]2.[Y].[Y]. The summed E-state index contributed by atoms with van der Waals surface area (Å²) in [5, 5.41) is 0. The second kappa shape index (κ2) is 6.02. The number of aliphatic imine (C=N–C) groups is 1. The molecule has 0 bridgehead atoms. The Balaban J connectivity index is 0.000000500. The monoisotopic (exact) mass is 297 g/mol. The molecule has 0 N–H and O–H groups in total. The summed E-state index contributed by atoms with van der Waals surface area (Å²) < 4.78 is 0. The Bertz CT molecular complexity index is 185. The Hall–Kier alpha value is 1.49. The van der Waals surface area contributed by atoms with Crippen LogP contribution in [0.2, 0.25) is 0 Å². The average Bonchev–Trinajstić information content (AvgIpc) is 2.33. The summed E-state index contributed by atoms with van der Waals surface area (Å²) >= 11 is 0. The molecular weight excluding hydrogens is 288 g/mol. The van der Waals surface area contributed by atoms with Crippen molar-refractivity contribution in [3.8, 4) is 0 Å². The normalized spacial score (nSPS) is 19.6. The molecule has 0 aromatic heterocycles. The molecular formula is C8H9NY2-2. The van der Waals surface area contributed by atoms with Crippen molar-refractivity contribution in [3.05, 3.63) is 24.1 Å². The minimum atomic E-state index is 0. The van der Waals surface area contributed by atoms with E-state index in [1.165, 1.54) is 11.3 Å². The first-order valence-electron chi connectivity index (χ1n) is 3.36. The number of hydrogen-bond acceptors (Lipinski definition) is 1. The van der Waals surface area contributed by atoms with E-state index in [9.17, 15) is 0 Å². The molecule has 0 unspecified atom stereocenters. The number of allylic oxidation sites excluding steroid dienone is 2. The third-order valence-electron chi connectivity index (χ3n) is 1.80. The minimum absolute atomic E-state index is 0. The zero-order valence-electron chi connectivity index (χ0n) is 6.46. The topological polar surface area (TPSA) is 12.4 Å². The molecule has 1 heterocycles. The second-order valence-corrected chi connectivity index (χ2v) is 2.44. The summed E-state index contributed by atoms with van der Waals surface area (Å²) in [6.07, 6.45) is 9.85. The van der Waals surface area contributed by atoms with Crippen LogP contribution in [0.3, 0.4) is 0 Å². The molecule has 2 radical (unpaired) electrons. The number of hydrogen-bond donors (Lipinski definition) is 0. The van der Waals surface area contributed by atoms with Gasteiger partial charge in [0, 0.05) is 65.4 Å². The minimum Gasteiger partial charge on any atom is -0.353 e. The van der Waals surface area contributed by atoms with E-state index in [1.807, 2.05) is 6.21 Å². The fourth-order valence-corrected chi connectivity index (χ4v) is 1.29. The Morgan fingerprint density at radius 2 is 2.18 bits per heavy atom. The molecule has 1 aliphatic carbocycles. The van der Waals surface area contributed by atoms with Crippen molar-refractivity contribution in [2.24, 2.45) is 4.99 Å². The maximum atomic E-state index is 4.24. The van der Waals surface area contributed by atoms with Crippen LogP contribution in [-0.2, 0) is 65.4 Å². The molecule has 0 saturated heterocycles.